The van der Waals surface area contributed by atoms with Gasteiger partial charge in [0.15, 0.2) is 0 Å². The van der Waals surface area contributed by atoms with Gasteiger partial charge >= 0.3 is 6.03 Å². The first-order valence-electron chi connectivity index (χ1n) is 6.39. The largest absolute Gasteiger partial charge is 0.352 e. The molecule has 0 unspecified atom stereocenters. The Hall–Kier alpha value is -1.94. The van der Waals surface area contributed by atoms with Gasteiger partial charge in [0.05, 0.1) is 0 Å². The number of aromatic nitrogens is 1. The van der Waals surface area contributed by atoms with E-state index in [2.05, 4.69) is 21.3 Å². The van der Waals surface area contributed by atoms with Gasteiger partial charge in [-0.3, -0.25) is 0 Å². The van der Waals surface area contributed by atoms with E-state index in [0.29, 0.717) is 17.3 Å². The van der Waals surface area contributed by atoms with E-state index in [4.69, 9.17) is 11.6 Å². The van der Waals surface area contributed by atoms with Gasteiger partial charge in [-0.2, -0.15) is 0 Å². The maximum Gasteiger partial charge on any atom is 0.319 e. The summed E-state index contributed by atoms with van der Waals surface area (Å²) < 4.78 is 2.10. The molecule has 0 fully saturated rings. The number of rotatable bonds is 3. The number of hydrogen-bond donors (Lipinski definition) is 2. The fraction of sp³-hybridized carbons (Fsp3) is 0.267. The maximum absolute atomic E-state index is 11.8. The molecule has 0 atom stereocenters. The van der Waals surface area contributed by atoms with Gasteiger partial charge in [-0.25, -0.2) is 4.79 Å². The molecule has 0 aliphatic heterocycles. The minimum Gasteiger partial charge on any atom is -0.352 e. The summed E-state index contributed by atoms with van der Waals surface area (Å²) in [5.74, 6) is 0. The molecule has 0 aliphatic carbocycles. The third-order valence-electron chi connectivity index (χ3n) is 3.40. The zero-order chi connectivity index (χ0) is 14.7. The number of aryl methyl sites for hydroxylation is 1. The fourth-order valence-electron chi connectivity index (χ4n) is 2.03. The predicted molar refractivity (Wildman–Crippen MR) is 82.2 cm³/mol. The normalized spacial score (nSPS) is 10.4. The summed E-state index contributed by atoms with van der Waals surface area (Å²) in [5, 5.41) is 6.19. The molecule has 1 heterocycles. The molecular formula is C15H18ClN3O. The Morgan fingerprint density at radius 1 is 1.30 bits per heavy atom. The number of nitrogens with zero attached hydrogens (tertiary/aromatic N) is 1. The van der Waals surface area contributed by atoms with E-state index in [1.165, 1.54) is 5.69 Å². The van der Waals surface area contributed by atoms with Gasteiger partial charge in [0.2, 0.25) is 0 Å². The molecule has 0 spiro atoms. The van der Waals surface area contributed by atoms with Crippen LogP contribution in [0.15, 0.2) is 30.3 Å². The van der Waals surface area contributed by atoms with Crippen molar-refractivity contribution in [3.63, 3.8) is 0 Å². The molecule has 2 amide bonds. The highest BCUT2D eigenvalue weighted by molar-refractivity contribution is 6.30. The molecule has 1 aromatic carbocycles. The van der Waals surface area contributed by atoms with Crippen LogP contribution in [0.2, 0.25) is 5.02 Å². The SMILES string of the molecule is Cc1cc(CNC(=O)Nc2cccc(Cl)c2)c(C)n1C. The minimum absolute atomic E-state index is 0.242. The fourth-order valence-corrected chi connectivity index (χ4v) is 2.22. The smallest absolute Gasteiger partial charge is 0.319 e. The van der Waals surface area contributed by atoms with Crippen LogP contribution in [0.25, 0.3) is 0 Å². The van der Waals surface area contributed by atoms with Crippen molar-refractivity contribution in [3.05, 3.63) is 52.3 Å². The highest BCUT2D eigenvalue weighted by Gasteiger charge is 2.07. The Morgan fingerprint density at radius 3 is 2.65 bits per heavy atom. The van der Waals surface area contributed by atoms with Gasteiger partial charge in [-0.15, -0.1) is 0 Å². The molecule has 106 valence electrons. The van der Waals surface area contributed by atoms with Crippen LogP contribution >= 0.6 is 11.6 Å². The second kappa shape index (κ2) is 6.01. The average molecular weight is 292 g/mol. The lowest BCUT2D eigenvalue weighted by Gasteiger charge is -2.08. The second-order valence-electron chi connectivity index (χ2n) is 4.77. The number of carbonyl (C=O) groups is 1. The molecule has 20 heavy (non-hydrogen) atoms. The molecule has 0 saturated heterocycles. The van der Waals surface area contributed by atoms with Crippen LogP contribution in [0.5, 0.6) is 0 Å². The quantitative estimate of drug-likeness (QED) is 0.891. The van der Waals surface area contributed by atoms with Crippen molar-refractivity contribution in [3.8, 4) is 0 Å². The molecule has 2 N–H and O–H groups in total. The minimum atomic E-state index is -0.242. The van der Waals surface area contributed by atoms with Crippen LogP contribution in [-0.4, -0.2) is 10.6 Å². The number of halogens is 1. The molecule has 5 heteroatoms. The van der Waals surface area contributed by atoms with E-state index in [9.17, 15) is 4.79 Å². The van der Waals surface area contributed by atoms with Crippen LogP contribution < -0.4 is 10.6 Å². The lowest BCUT2D eigenvalue weighted by Crippen LogP contribution is -2.28. The number of benzene rings is 1. The van der Waals surface area contributed by atoms with E-state index < -0.39 is 0 Å². The van der Waals surface area contributed by atoms with Crippen molar-refractivity contribution in [2.24, 2.45) is 7.05 Å². The van der Waals surface area contributed by atoms with E-state index in [1.54, 1.807) is 24.3 Å². The molecule has 0 radical (unpaired) electrons. The van der Waals surface area contributed by atoms with Crippen molar-refractivity contribution in [1.29, 1.82) is 0 Å². The van der Waals surface area contributed by atoms with E-state index in [0.717, 1.165) is 11.3 Å². The summed E-state index contributed by atoms with van der Waals surface area (Å²) in [4.78, 5) is 11.8. The standard InChI is InChI=1S/C15H18ClN3O/c1-10-7-12(11(2)19(10)3)9-17-15(20)18-14-6-4-5-13(16)8-14/h4-8H,9H2,1-3H3,(H2,17,18,20). The molecule has 1 aromatic heterocycles. The molecule has 0 aliphatic rings. The zero-order valence-corrected chi connectivity index (χ0v) is 12.6. The van der Waals surface area contributed by atoms with Crippen LogP contribution in [-0.2, 0) is 13.6 Å². The van der Waals surface area contributed by atoms with Crippen LogP contribution in [0.4, 0.5) is 10.5 Å². The topological polar surface area (TPSA) is 46.1 Å². The van der Waals surface area contributed by atoms with Gasteiger partial charge in [0.25, 0.3) is 0 Å². The van der Waals surface area contributed by atoms with E-state index in [-0.39, 0.29) is 6.03 Å². The van der Waals surface area contributed by atoms with Crippen molar-refractivity contribution in [2.75, 3.05) is 5.32 Å². The second-order valence-corrected chi connectivity index (χ2v) is 5.21. The molecule has 4 nitrogen and oxygen atoms in total. The Kier molecular flexibility index (Phi) is 4.35. The lowest BCUT2D eigenvalue weighted by molar-refractivity contribution is 0.251. The first kappa shape index (κ1) is 14.5. The van der Waals surface area contributed by atoms with Gasteiger partial charge in [-0.05, 0) is 43.7 Å². The maximum atomic E-state index is 11.8. The zero-order valence-electron chi connectivity index (χ0n) is 11.8. The van der Waals surface area contributed by atoms with Crippen molar-refractivity contribution >= 4 is 23.3 Å². The summed E-state index contributed by atoms with van der Waals surface area (Å²) in [7, 11) is 2.01. The van der Waals surface area contributed by atoms with Gasteiger partial charge in [-0.1, -0.05) is 17.7 Å². The van der Waals surface area contributed by atoms with Crippen molar-refractivity contribution < 1.29 is 4.79 Å². The number of urea groups is 1. The summed E-state index contributed by atoms with van der Waals surface area (Å²) in [6.45, 7) is 4.58. The van der Waals surface area contributed by atoms with Crippen LogP contribution in [0, 0.1) is 13.8 Å². The predicted octanol–water partition coefficient (Wildman–Crippen LogP) is 3.62. The van der Waals surface area contributed by atoms with Crippen LogP contribution in [0.1, 0.15) is 17.0 Å². The average Bonchev–Trinajstić information content (AvgIpc) is 2.64. The van der Waals surface area contributed by atoms with Gasteiger partial charge in [0, 0.05) is 35.7 Å². The number of anilines is 1. The monoisotopic (exact) mass is 291 g/mol. The Balaban J connectivity index is 1.94. The van der Waals surface area contributed by atoms with Crippen molar-refractivity contribution in [1.82, 2.24) is 9.88 Å². The lowest BCUT2D eigenvalue weighted by atomic mass is 10.2. The number of carbonyl (C=O) groups excluding carboxylic acids is 1. The molecular weight excluding hydrogens is 274 g/mol. The van der Waals surface area contributed by atoms with E-state index >= 15 is 0 Å². The Bertz CT molecular complexity index is 634. The summed E-state index contributed by atoms with van der Waals surface area (Å²) in [5.41, 5.74) is 4.13. The first-order chi connectivity index (χ1) is 9.47. The third kappa shape index (κ3) is 3.33. The highest BCUT2D eigenvalue weighted by atomic mass is 35.5. The van der Waals surface area contributed by atoms with Crippen molar-refractivity contribution in [2.45, 2.75) is 20.4 Å². The van der Waals surface area contributed by atoms with Gasteiger partial charge in [0.1, 0.15) is 0 Å². The van der Waals surface area contributed by atoms with Gasteiger partial charge < -0.3 is 15.2 Å². The number of hydrogen-bond acceptors (Lipinski definition) is 1. The molecule has 2 rings (SSSR count). The van der Waals surface area contributed by atoms with E-state index in [1.807, 2.05) is 20.9 Å². The summed E-state index contributed by atoms with van der Waals surface area (Å²) >= 11 is 5.87. The highest BCUT2D eigenvalue weighted by Crippen LogP contribution is 2.15. The molecule has 2 aromatic rings. The number of nitrogens with one attached hydrogen (secondary N) is 2. The first-order valence-corrected chi connectivity index (χ1v) is 6.77. The summed E-state index contributed by atoms with van der Waals surface area (Å²) in [6, 6.07) is 8.90. The molecule has 0 saturated carbocycles. The Morgan fingerprint density at radius 2 is 2.05 bits per heavy atom. The van der Waals surface area contributed by atoms with Crippen LogP contribution in [0.3, 0.4) is 0 Å². The summed E-state index contributed by atoms with van der Waals surface area (Å²) in [6.07, 6.45) is 0. The third-order valence-corrected chi connectivity index (χ3v) is 3.64. The Labute approximate surface area is 123 Å². The number of amides is 2. The molecule has 0 bridgehead atoms.